The third kappa shape index (κ3) is 6.81. The van der Waals surface area contributed by atoms with E-state index in [9.17, 15) is 22.4 Å². The van der Waals surface area contributed by atoms with E-state index in [1.54, 1.807) is 42.6 Å². The zero-order valence-electron chi connectivity index (χ0n) is 30.8. The fraction of sp³-hybridized carbons (Fsp3) is 0.395. The third-order valence-electron chi connectivity index (χ3n) is 9.99. The molecular weight excluding hydrogens is 690 g/mol. The minimum atomic E-state index is -3.95. The minimum absolute atomic E-state index is 0.0110. The molecule has 0 fully saturated rings. The van der Waals surface area contributed by atoms with E-state index in [0.29, 0.717) is 34.4 Å². The highest BCUT2D eigenvalue weighted by Gasteiger charge is 2.50. The number of hydrogen-bond acceptors (Lipinski definition) is 8. The Morgan fingerprint density at radius 2 is 1.47 bits per heavy atom. The van der Waals surface area contributed by atoms with Gasteiger partial charge >= 0.3 is 0 Å². The lowest BCUT2D eigenvalue weighted by atomic mass is 9.98. The number of ether oxygens (including phenoxy) is 2. The van der Waals surface area contributed by atoms with Crippen molar-refractivity contribution in [2.24, 2.45) is 0 Å². The number of fused-ring (bicyclic) bond motifs is 2. The number of rotatable bonds is 13. The molecule has 0 aliphatic carbocycles. The molecule has 0 saturated heterocycles. The zero-order valence-corrected chi connectivity index (χ0v) is 32.6. The van der Waals surface area contributed by atoms with Crippen LogP contribution in [0.4, 0.5) is 10.1 Å². The number of pyridine rings is 1. The van der Waals surface area contributed by atoms with Gasteiger partial charge in [-0.1, -0.05) is 53.7 Å². The smallest absolute Gasteiger partial charge is 0.265 e. The van der Waals surface area contributed by atoms with Gasteiger partial charge in [-0.15, -0.1) is 0 Å². The number of amides is 2. The summed E-state index contributed by atoms with van der Waals surface area (Å²) in [6.45, 7) is 12.5. The number of nitrogens with zero attached hydrogens (tertiary/aromatic N) is 3. The van der Waals surface area contributed by atoms with E-state index in [1.165, 1.54) is 33.4 Å². The summed E-state index contributed by atoms with van der Waals surface area (Å²) in [4.78, 5) is 35.3. The van der Waals surface area contributed by atoms with Crippen LogP contribution in [0, 0.1) is 5.82 Å². The Balaban J connectivity index is 1.84. The van der Waals surface area contributed by atoms with Gasteiger partial charge in [0.15, 0.2) is 0 Å². The summed E-state index contributed by atoms with van der Waals surface area (Å²) < 4.78 is 59.5. The second-order valence-electron chi connectivity index (χ2n) is 14.0. The molecule has 51 heavy (non-hydrogen) atoms. The molecule has 13 heteroatoms. The number of hydrogen-bond donors (Lipinski definition) is 0. The number of aromatic nitrogens is 1. The van der Waals surface area contributed by atoms with E-state index >= 15 is 0 Å². The van der Waals surface area contributed by atoms with Crippen molar-refractivity contribution in [3.8, 4) is 17.2 Å². The maximum atomic E-state index is 14.7. The molecule has 1 aromatic heterocycles. The number of sulfonamides is 1. The zero-order chi connectivity index (χ0) is 37.6. The summed E-state index contributed by atoms with van der Waals surface area (Å²) in [6, 6.07) is 13.0. The van der Waals surface area contributed by atoms with Crippen molar-refractivity contribution in [3.63, 3.8) is 0 Å². The summed E-state index contributed by atoms with van der Waals surface area (Å²) in [7, 11) is -2.36. The van der Waals surface area contributed by atoms with Crippen molar-refractivity contribution in [1.82, 2.24) is 9.88 Å². The van der Waals surface area contributed by atoms with E-state index in [0.717, 1.165) is 21.0 Å². The van der Waals surface area contributed by atoms with Gasteiger partial charge in [-0.25, -0.2) is 12.8 Å². The molecule has 272 valence electrons. The van der Waals surface area contributed by atoms with Crippen LogP contribution in [0.2, 0.25) is 16.6 Å². The van der Waals surface area contributed by atoms with Gasteiger partial charge in [0.25, 0.3) is 20.1 Å². The average Bonchev–Trinajstić information content (AvgIpc) is 3.31. The van der Waals surface area contributed by atoms with Crippen LogP contribution >= 0.6 is 0 Å². The Morgan fingerprint density at radius 1 is 0.863 bits per heavy atom. The number of halogens is 1. The van der Waals surface area contributed by atoms with Crippen molar-refractivity contribution in [1.29, 1.82) is 0 Å². The molecule has 2 amide bonds. The Morgan fingerprint density at radius 3 is 2.02 bits per heavy atom. The summed E-state index contributed by atoms with van der Waals surface area (Å²) in [6.07, 6.45) is 3.05. The molecule has 1 aliphatic rings. The van der Waals surface area contributed by atoms with Crippen LogP contribution in [0.1, 0.15) is 78.9 Å². The molecule has 10 nitrogen and oxygen atoms in total. The fourth-order valence-electron chi connectivity index (χ4n) is 7.48. The van der Waals surface area contributed by atoms with Crippen LogP contribution in [0.3, 0.4) is 0 Å². The number of carbonyl (C=O) groups is 2. The molecule has 0 spiro atoms. The van der Waals surface area contributed by atoms with E-state index in [-0.39, 0.29) is 57.1 Å². The average molecular weight is 736 g/mol. The first-order chi connectivity index (χ1) is 24.0. The lowest BCUT2D eigenvalue weighted by Gasteiger charge is -2.42. The molecular formula is C38H46FN3O7SSi. The monoisotopic (exact) mass is 735 g/mol. The van der Waals surface area contributed by atoms with E-state index < -0.39 is 30.2 Å². The highest BCUT2D eigenvalue weighted by atomic mass is 32.2. The van der Waals surface area contributed by atoms with Crippen molar-refractivity contribution < 1.29 is 36.3 Å². The van der Waals surface area contributed by atoms with Crippen LogP contribution in [0.15, 0.2) is 54.7 Å². The van der Waals surface area contributed by atoms with Crippen molar-refractivity contribution in [2.75, 3.05) is 31.8 Å². The predicted octanol–water partition coefficient (Wildman–Crippen LogP) is 7.73. The Kier molecular flexibility index (Phi) is 10.6. The number of anilines is 1. The van der Waals surface area contributed by atoms with Crippen LogP contribution in [-0.2, 0) is 23.0 Å². The Labute approximate surface area is 300 Å². The molecule has 3 aromatic carbocycles. The third-order valence-corrected chi connectivity index (χ3v) is 17.1. The molecule has 0 radical (unpaired) electrons. The molecule has 5 rings (SSSR count). The highest BCUT2D eigenvalue weighted by molar-refractivity contribution is 7.92. The number of benzene rings is 3. The standard InChI is InChI=1S/C38H46FN3O7SSi/c1-22(2)51(23(3)4,24(5)6)49-36-33-32(37(43)42(38(33)44)21-27-13-16-29(47-8)19-31(27)48-9)35(41(7)50(10,45)46)30-18-26(20-40-34(30)36)17-25-11-14-28(39)15-12-25/h11-16,18-20,22-24H,17,21H2,1-10H3. The largest absolute Gasteiger partial charge is 0.541 e. The quantitative estimate of drug-likeness (QED) is 0.101. The Bertz CT molecular complexity index is 2080. The molecule has 0 unspecified atom stereocenters. The van der Waals surface area contributed by atoms with E-state index in [1.807, 2.05) is 0 Å². The highest BCUT2D eigenvalue weighted by Crippen LogP contribution is 2.50. The van der Waals surface area contributed by atoms with Gasteiger partial charge in [-0.05, 0) is 64.5 Å². The Hall–Kier alpha value is -4.49. The van der Waals surface area contributed by atoms with Crippen LogP contribution < -0.4 is 18.2 Å². The van der Waals surface area contributed by atoms with Gasteiger partial charge in [-0.3, -0.25) is 23.8 Å². The van der Waals surface area contributed by atoms with Gasteiger partial charge in [0.05, 0.1) is 43.8 Å². The second-order valence-corrected chi connectivity index (χ2v) is 21.4. The van der Waals surface area contributed by atoms with Crippen molar-refractivity contribution in [3.05, 3.63) is 88.4 Å². The molecule has 0 N–H and O–H groups in total. The summed E-state index contributed by atoms with van der Waals surface area (Å²) in [5, 5.41) is 0.348. The topological polar surface area (TPSA) is 115 Å². The SMILES string of the molecule is COc1ccc(CN2C(=O)c3c(c(O[Si](C(C)C)(C(C)C)C(C)C)c4ncc(Cc5ccc(F)cc5)cc4c3N(C)S(C)(=O)=O)C2=O)c(OC)c1. The van der Waals surface area contributed by atoms with Crippen LogP contribution in [0.25, 0.3) is 10.9 Å². The molecule has 0 saturated carbocycles. The van der Waals surface area contributed by atoms with E-state index in [4.69, 9.17) is 18.9 Å². The van der Waals surface area contributed by atoms with Crippen LogP contribution in [-0.4, -0.2) is 66.0 Å². The number of methoxy groups -OCH3 is 2. The lowest BCUT2D eigenvalue weighted by molar-refractivity contribution is 0.0641. The second kappa shape index (κ2) is 14.3. The fourth-order valence-corrected chi connectivity index (χ4v) is 13.3. The summed E-state index contributed by atoms with van der Waals surface area (Å²) in [5.41, 5.74) is 2.61. The maximum Gasteiger partial charge on any atom is 0.265 e. The molecule has 2 heterocycles. The summed E-state index contributed by atoms with van der Waals surface area (Å²) >= 11 is 0. The first-order valence-electron chi connectivity index (χ1n) is 16.9. The normalized spacial score (nSPS) is 13.5. The molecule has 4 aromatic rings. The van der Waals surface area contributed by atoms with E-state index in [2.05, 4.69) is 41.5 Å². The first kappa shape index (κ1) is 37.8. The van der Waals surface area contributed by atoms with Crippen molar-refractivity contribution in [2.45, 2.75) is 71.1 Å². The summed E-state index contributed by atoms with van der Waals surface area (Å²) in [5.74, 6) is -0.512. The maximum absolute atomic E-state index is 14.7. The van der Waals surface area contributed by atoms with Crippen molar-refractivity contribution >= 4 is 46.7 Å². The van der Waals surface area contributed by atoms with Gasteiger partial charge in [0, 0.05) is 30.3 Å². The number of carbonyl (C=O) groups excluding carboxylic acids is 2. The lowest BCUT2D eigenvalue weighted by Crippen LogP contribution is -2.51. The van der Waals surface area contributed by atoms with Gasteiger partial charge in [0.2, 0.25) is 10.0 Å². The first-order valence-corrected chi connectivity index (χ1v) is 20.9. The molecule has 0 bridgehead atoms. The minimum Gasteiger partial charge on any atom is -0.541 e. The van der Waals surface area contributed by atoms with Gasteiger partial charge in [-0.2, -0.15) is 0 Å². The molecule has 1 aliphatic heterocycles. The molecule has 0 atom stereocenters. The number of imide groups is 1. The van der Waals surface area contributed by atoms with Crippen LogP contribution in [0.5, 0.6) is 17.2 Å². The predicted molar refractivity (Wildman–Crippen MR) is 200 cm³/mol. The van der Waals surface area contributed by atoms with Gasteiger partial charge in [0.1, 0.15) is 28.6 Å². The van der Waals surface area contributed by atoms with Gasteiger partial charge < -0.3 is 13.9 Å².